The Morgan fingerprint density at radius 2 is 1.68 bits per heavy atom. The summed E-state index contributed by atoms with van der Waals surface area (Å²) < 4.78 is 33.0. The maximum absolute atomic E-state index is 13.9. The van der Waals surface area contributed by atoms with Gasteiger partial charge < -0.3 is 10.5 Å². The van der Waals surface area contributed by atoms with E-state index in [2.05, 4.69) is 0 Å². The van der Waals surface area contributed by atoms with Crippen LogP contribution in [0.15, 0.2) is 36.4 Å². The van der Waals surface area contributed by atoms with Crippen LogP contribution in [0.3, 0.4) is 0 Å². The third kappa shape index (κ3) is 2.84. The van der Waals surface area contributed by atoms with Gasteiger partial charge in [-0.2, -0.15) is 0 Å². The second kappa shape index (κ2) is 5.26. The average Bonchev–Trinajstić information content (AvgIpc) is 2.34. The number of hydrogen-bond acceptors (Lipinski definition) is 2. The Balaban J connectivity index is 2.56. The van der Waals surface area contributed by atoms with Gasteiger partial charge in [-0.25, -0.2) is 8.78 Å². The molecule has 0 bridgehead atoms. The Labute approximate surface area is 110 Å². The molecule has 2 nitrogen and oxygen atoms in total. The lowest BCUT2D eigenvalue weighted by molar-refractivity contribution is 0.243. The fraction of sp³-hybridized carbons (Fsp3) is 0.200. The molecule has 0 saturated heterocycles. The largest absolute Gasteiger partial charge is 0.490 e. The number of halogens is 2. The minimum Gasteiger partial charge on any atom is -0.490 e. The molecule has 4 heteroatoms. The zero-order chi connectivity index (χ0) is 14.0. The van der Waals surface area contributed by atoms with E-state index in [1.807, 2.05) is 13.8 Å². The molecule has 0 aliphatic heterocycles. The first-order chi connectivity index (χ1) is 8.99. The predicted octanol–water partition coefficient (Wildman–Crippen LogP) is 4.00. The van der Waals surface area contributed by atoms with E-state index in [9.17, 15) is 8.78 Å². The van der Waals surface area contributed by atoms with Crippen molar-refractivity contribution in [3.8, 4) is 16.9 Å². The zero-order valence-electron chi connectivity index (χ0n) is 10.8. The van der Waals surface area contributed by atoms with E-state index in [1.54, 1.807) is 24.3 Å². The Morgan fingerprint density at radius 1 is 1.00 bits per heavy atom. The highest BCUT2D eigenvalue weighted by molar-refractivity contribution is 5.72. The van der Waals surface area contributed by atoms with Crippen LogP contribution in [-0.4, -0.2) is 6.10 Å². The molecule has 0 aliphatic rings. The number of rotatable bonds is 3. The van der Waals surface area contributed by atoms with Gasteiger partial charge in [0.05, 0.1) is 11.8 Å². The second-order valence-corrected chi connectivity index (χ2v) is 4.52. The van der Waals surface area contributed by atoms with Crippen molar-refractivity contribution in [1.29, 1.82) is 0 Å². The SMILES string of the molecule is CC(C)Oc1ccccc1-c1cc(F)c(N)cc1F. The summed E-state index contributed by atoms with van der Waals surface area (Å²) in [6, 6.07) is 9.02. The second-order valence-electron chi connectivity index (χ2n) is 4.52. The van der Waals surface area contributed by atoms with E-state index in [4.69, 9.17) is 10.5 Å². The number of hydrogen-bond donors (Lipinski definition) is 1. The predicted molar refractivity (Wildman–Crippen MR) is 72.0 cm³/mol. The van der Waals surface area contributed by atoms with E-state index in [1.165, 1.54) is 0 Å². The van der Waals surface area contributed by atoms with Crippen LogP contribution in [0.5, 0.6) is 5.75 Å². The van der Waals surface area contributed by atoms with Crippen LogP contribution in [-0.2, 0) is 0 Å². The first-order valence-electron chi connectivity index (χ1n) is 5.99. The van der Waals surface area contributed by atoms with E-state index < -0.39 is 11.6 Å². The summed E-state index contributed by atoms with van der Waals surface area (Å²) in [4.78, 5) is 0. The first-order valence-corrected chi connectivity index (χ1v) is 5.99. The molecule has 0 amide bonds. The van der Waals surface area contributed by atoms with Gasteiger partial charge in [-0.05, 0) is 26.0 Å². The van der Waals surface area contributed by atoms with Crippen LogP contribution in [0.4, 0.5) is 14.5 Å². The first kappa shape index (κ1) is 13.3. The van der Waals surface area contributed by atoms with Gasteiger partial charge in [0.15, 0.2) is 0 Å². The molecule has 0 fully saturated rings. The van der Waals surface area contributed by atoms with Crippen LogP contribution < -0.4 is 10.5 Å². The molecule has 0 radical (unpaired) electrons. The standard InChI is InChI=1S/C15H15F2NO/c1-9(2)19-15-6-4-3-5-10(15)11-7-13(17)14(18)8-12(11)16/h3-9H,18H2,1-2H3. The molecule has 0 spiro atoms. The minimum atomic E-state index is -0.643. The third-order valence-corrected chi connectivity index (χ3v) is 2.63. The van der Waals surface area contributed by atoms with E-state index in [-0.39, 0.29) is 17.4 Å². The van der Waals surface area contributed by atoms with Crippen LogP contribution in [0.2, 0.25) is 0 Å². The maximum atomic E-state index is 13.9. The monoisotopic (exact) mass is 263 g/mol. The lowest BCUT2D eigenvalue weighted by Crippen LogP contribution is -2.06. The summed E-state index contributed by atoms with van der Waals surface area (Å²) in [6.07, 6.45) is -0.0529. The minimum absolute atomic E-state index is 0.0529. The molecule has 100 valence electrons. The van der Waals surface area contributed by atoms with E-state index >= 15 is 0 Å². The van der Waals surface area contributed by atoms with Crippen molar-refractivity contribution in [2.75, 3.05) is 5.73 Å². The topological polar surface area (TPSA) is 35.2 Å². The number of para-hydroxylation sites is 1. The molecule has 0 aromatic heterocycles. The van der Waals surface area contributed by atoms with Crippen molar-refractivity contribution in [1.82, 2.24) is 0 Å². The number of nitrogens with two attached hydrogens (primary N) is 1. The highest BCUT2D eigenvalue weighted by Crippen LogP contribution is 2.34. The van der Waals surface area contributed by atoms with Gasteiger partial charge >= 0.3 is 0 Å². The molecule has 19 heavy (non-hydrogen) atoms. The van der Waals surface area contributed by atoms with Gasteiger partial charge in [0.1, 0.15) is 17.4 Å². The smallest absolute Gasteiger partial charge is 0.146 e. The molecule has 2 aromatic rings. The Bertz CT molecular complexity index is 597. The van der Waals surface area contributed by atoms with Crippen LogP contribution in [0.1, 0.15) is 13.8 Å². The van der Waals surface area contributed by atoms with Crippen molar-refractivity contribution in [2.45, 2.75) is 20.0 Å². The maximum Gasteiger partial charge on any atom is 0.146 e. The van der Waals surface area contributed by atoms with Crippen LogP contribution in [0, 0.1) is 11.6 Å². The van der Waals surface area contributed by atoms with E-state index in [0.29, 0.717) is 11.3 Å². The molecule has 0 atom stereocenters. The van der Waals surface area contributed by atoms with Crippen LogP contribution in [0.25, 0.3) is 11.1 Å². The van der Waals surface area contributed by atoms with Gasteiger partial charge in [-0.15, -0.1) is 0 Å². The van der Waals surface area contributed by atoms with Crippen molar-refractivity contribution in [2.24, 2.45) is 0 Å². The Hall–Kier alpha value is -2.10. The molecule has 0 heterocycles. The highest BCUT2D eigenvalue weighted by Gasteiger charge is 2.14. The summed E-state index contributed by atoms with van der Waals surface area (Å²) in [5.41, 5.74) is 5.78. The number of anilines is 1. The van der Waals surface area contributed by atoms with Crippen molar-refractivity contribution in [3.63, 3.8) is 0 Å². The van der Waals surface area contributed by atoms with Gasteiger partial charge in [-0.3, -0.25) is 0 Å². The molecular weight excluding hydrogens is 248 g/mol. The Morgan fingerprint density at radius 3 is 2.37 bits per heavy atom. The quantitative estimate of drug-likeness (QED) is 0.849. The molecule has 2 aromatic carbocycles. The summed E-state index contributed by atoms with van der Waals surface area (Å²) >= 11 is 0. The number of ether oxygens (including phenoxy) is 1. The Kier molecular flexibility index (Phi) is 3.69. The lowest BCUT2D eigenvalue weighted by atomic mass is 10.0. The van der Waals surface area contributed by atoms with Gasteiger partial charge in [0.2, 0.25) is 0 Å². The molecule has 0 unspecified atom stereocenters. The lowest BCUT2D eigenvalue weighted by Gasteiger charge is -2.15. The third-order valence-electron chi connectivity index (χ3n) is 2.63. The van der Waals surface area contributed by atoms with Crippen molar-refractivity contribution >= 4 is 5.69 Å². The zero-order valence-corrected chi connectivity index (χ0v) is 10.8. The van der Waals surface area contributed by atoms with E-state index in [0.717, 1.165) is 12.1 Å². The fourth-order valence-electron chi connectivity index (χ4n) is 1.81. The fourth-order valence-corrected chi connectivity index (χ4v) is 1.81. The highest BCUT2D eigenvalue weighted by atomic mass is 19.1. The number of benzene rings is 2. The molecular formula is C15H15F2NO. The summed E-state index contributed by atoms with van der Waals surface area (Å²) in [7, 11) is 0. The average molecular weight is 263 g/mol. The molecule has 2 N–H and O–H groups in total. The van der Waals surface area contributed by atoms with Gasteiger partial charge in [0.25, 0.3) is 0 Å². The normalized spacial score (nSPS) is 10.8. The summed E-state index contributed by atoms with van der Waals surface area (Å²) in [5.74, 6) is -0.699. The van der Waals surface area contributed by atoms with Crippen LogP contribution >= 0.6 is 0 Å². The summed E-state index contributed by atoms with van der Waals surface area (Å²) in [6.45, 7) is 3.74. The van der Waals surface area contributed by atoms with Crippen molar-refractivity contribution in [3.05, 3.63) is 48.0 Å². The summed E-state index contributed by atoms with van der Waals surface area (Å²) in [5, 5.41) is 0. The molecule has 2 rings (SSSR count). The molecule has 0 aliphatic carbocycles. The molecule has 0 saturated carbocycles. The van der Waals surface area contributed by atoms with Gasteiger partial charge in [-0.1, -0.05) is 18.2 Å². The van der Waals surface area contributed by atoms with Crippen molar-refractivity contribution < 1.29 is 13.5 Å². The number of nitrogen functional groups attached to an aromatic ring is 1. The van der Waals surface area contributed by atoms with Gasteiger partial charge in [0, 0.05) is 17.2 Å².